The van der Waals surface area contributed by atoms with Crippen LogP contribution in [0.25, 0.3) is 6.08 Å². The molecular formula is C16H21NO4. The van der Waals surface area contributed by atoms with Gasteiger partial charge in [-0.2, -0.15) is 0 Å². The predicted molar refractivity (Wildman–Crippen MR) is 81.3 cm³/mol. The minimum absolute atomic E-state index is 0.0569. The highest BCUT2D eigenvalue weighted by atomic mass is 16.5. The third-order valence-corrected chi connectivity index (χ3v) is 3.04. The molecule has 114 valence electrons. The van der Waals surface area contributed by atoms with Gasteiger partial charge in [0.25, 0.3) is 5.91 Å². The van der Waals surface area contributed by atoms with Gasteiger partial charge in [-0.15, -0.1) is 0 Å². The number of nitrogens with zero attached hydrogens (tertiary/aromatic N) is 1. The monoisotopic (exact) mass is 291 g/mol. The van der Waals surface area contributed by atoms with Gasteiger partial charge in [0.15, 0.2) is 6.61 Å². The molecule has 0 saturated carbocycles. The van der Waals surface area contributed by atoms with Crippen molar-refractivity contribution in [1.29, 1.82) is 0 Å². The lowest BCUT2D eigenvalue weighted by atomic mass is 10.1. The Labute approximate surface area is 124 Å². The van der Waals surface area contributed by atoms with Crippen molar-refractivity contribution < 1.29 is 19.4 Å². The van der Waals surface area contributed by atoms with E-state index in [0.29, 0.717) is 24.4 Å². The Morgan fingerprint density at radius 2 is 1.95 bits per heavy atom. The van der Waals surface area contributed by atoms with E-state index in [0.717, 1.165) is 11.6 Å². The van der Waals surface area contributed by atoms with Gasteiger partial charge in [-0.1, -0.05) is 11.6 Å². The second-order valence-corrected chi connectivity index (χ2v) is 4.57. The molecule has 21 heavy (non-hydrogen) atoms. The second-order valence-electron chi connectivity index (χ2n) is 4.57. The fourth-order valence-electron chi connectivity index (χ4n) is 1.90. The fraction of sp³-hybridized carbons (Fsp3) is 0.375. The molecular weight excluding hydrogens is 270 g/mol. The topological polar surface area (TPSA) is 66.8 Å². The van der Waals surface area contributed by atoms with E-state index in [1.807, 2.05) is 32.9 Å². The van der Waals surface area contributed by atoms with Crippen LogP contribution in [0.2, 0.25) is 0 Å². The number of carboxylic acids is 1. The van der Waals surface area contributed by atoms with Gasteiger partial charge >= 0.3 is 5.97 Å². The van der Waals surface area contributed by atoms with Gasteiger partial charge in [0.1, 0.15) is 5.75 Å². The van der Waals surface area contributed by atoms with Gasteiger partial charge in [-0.05, 0) is 39.0 Å². The number of amides is 1. The van der Waals surface area contributed by atoms with Crippen molar-refractivity contribution in [1.82, 2.24) is 4.90 Å². The van der Waals surface area contributed by atoms with Gasteiger partial charge in [0, 0.05) is 24.7 Å². The van der Waals surface area contributed by atoms with Crippen LogP contribution in [0.5, 0.6) is 5.75 Å². The number of hydrogen-bond donors (Lipinski definition) is 1. The third kappa shape index (κ3) is 5.30. The lowest BCUT2D eigenvalue weighted by Gasteiger charge is -2.19. The highest BCUT2D eigenvalue weighted by molar-refractivity contribution is 5.86. The lowest BCUT2D eigenvalue weighted by molar-refractivity contribution is -0.133. The van der Waals surface area contributed by atoms with Crippen molar-refractivity contribution in [2.24, 2.45) is 0 Å². The number of aryl methyl sites for hydroxylation is 1. The van der Waals surface area contributed by atoms with Gasteiger partial charge in [-0.25, -0.2) is 4.79 Å². The Hall–Kier alpha value is -2.30. The molecule has 0 atom stereocenters. The first kappa shape index (κ1) is 16.8. The van der Waals surface area contributed by atoms with Crippen LogP contribution in [0.4, 0.5) is 0 Å². The maximum Gasteiger partial charge on any atom is 0.328 e. The van der Waals surface area contributed by atoms with E-state index < -0.39 is 5.97 Å². The summed E-state index contributed by atoms with van der Waals surface area (Å²) in [5, 5.41) is 8.70. The first-order valence-corrected chi connectivity index (χ1v) is 6.90. The normalized spacial score (nSPS) is 10.6. The first-order chi connectivity index (χ1) is 9.97. The van der Waals surface area contributed by atoms with Crippen LogP contribution in [0.15, 0.2) is 24.3 Å². The molecule has 5 heteroatoms. The van der Waals surface area contributed by atoms with E-state index in [1.165, 1.54) is 6.08 Å². The molecule has 0 spiro atoms. The molecule has 1 aromatic carbocycles. The molecule has 0 bridgehead atoms. The number of carbonyl (C=O) groups excluding carboxylic acids is 1. The summed E-state index contributed by atoms with van der Waals surface area (Å²) in [6.45, 7) is 6.95. The van der Waals surface area contributed by atoms with Crippen molar-refractivity contribution in [3.8, 4) is 5.75 Å². The van der Waals surface area contributed by atoms with Gasteiger partial charge in [0.05, 0.1) is 0 Å². The predicted octanol–water partition coefficient (Wildman–Crippen LogP) is 2.34. The van der Waals surface area contributed by atoms with E-state index in [2.05, 4.69) is 0 Å². The average Bonchev–Trinajstić information content (AvgIpc) is 2.45. The van der Waals surface area contributed by atoms with Gasteiger partial charge < -0.3 is 14.7 Å². The maximum absolute atomic E-state index is 11.9. The number of rotatable bonds is 7. The minimum Gasteiger partial charge on any atom is -0.483 e. The molecule has 0 fully saturated rings. The third-order valence-electron chi connectivity index (χ3n) is 3.04. The number of hydrogen-bond acceptors (Lipinski definition) is 3. The molecule has 1 rings (SSSR count). The number of ether oxygens (including phenoxy) is 1. The van der Waals surface area contributed by atoms with Crippen molar-refractivity contribution >= 4 is 18.0 Å². The average molecular weight is 291 g/mol. The summed E-state index contributed by atoms with van der Waals surface area (Å²) >= 11 is 0. The summed E-state index contributed by atoms with van der Waals surface area (Å²) in [6.07, 6.45) is 2.51. The summed E-state index contributed by atoms with van der Waals surface area (Å²) in [6, 6.07) is 5.42. The summed E-state index contributed by atoms with van der Waals surface area (Å²) in [4.78, 5) is 24.2. The zero-order chi connectivity index (χ0) is 15.8. The number of carbonyl (C=O) groups is 2. The Balaban J connectivity index is 2.83. The molecule has 1 amide bonds. The highest BCUT2D eigenvalue weighted by Gasteiger charge is 2.11. The molecule has 0 radical (unpaired) electrons. The van der Waals surface area contributed by atoms with Crippen LogP contribution < -0.4 is 4.74 Å². The molecule has 0 aromatic heterocycles. The molecule has 0 saturated heterocycles. The highest BCUT2D eigenvalue weighted by Crippen LogP contribution is 2.21. The zero-order valence-corrected chi connectivity index (χ0v) is 12.6. The largest absolute Gasteiger partial charge is 0.483 e. The molecule has 1 N–H and O–H groups in total. The van der Waals surface area contributed by atoms with Crippen LogP contribution in [0, 0.1) is 6.92 Å². The Morgan fingerprint density at radius 1 is 1.29 bits per heavy atom. The molecule has 0 aliphatic rings. The molecule has 1 aromatic rings. The summed E-state index contributed by atoms with van der Waals surface area (Å²) in [7, 11) is 0. The van der Waals surface area contributed by atoms with E-state index in [9.17, 15) is 9.59 Å². The molecule has 5 nitrogen and oxygen atoms in total. The lowest BCUT2D eigenvalue weighted by Crippen LogP contribution is -2.34. The summed E-state index contributed by atoms with van der Waals surface area (Å²) < 4.78 is 5.54. The molecule has 0 heterocycles. The number of carboxylic acid groups (broad SMARTS) is 1. The summed E-state index contributed by atoms with van der Waals surface area (Å²) in [5.74, 6) is -0.617. The first-order valence-electron chi connectivity index (χ1n) is 6.90. The van der Waals surface area contributed by atoms with Gasteiger partial charge in [0.2, 0.25) is 0 Å². The maximum atomic E-state index is 11.9. The zero-order valence-electron chi connectivity index (χ0n) is 12.6. The van der Waals surface area contributed by atoms with Crippen LogP contribution in [0.3, 0.4) is 0 Å². The standard InChI is InChI=1S/C16H21NO4/c1-4-17(5-2)15(18)11-21-14-8-6-12(3)10-13(14)7-9-16(19)20/h6-10H,4-5,11H2,1-3H3,(H,19,20). The number of benzene rings is 1. The van der Waals surface area contributed by atoms with Crippen LogP contribution >= 0.6 is 0 Å². The Morgan fingerprint density at radius 3 is 2.52 bits per heavy atom. The van der Waals surface area contributed by atoms with E-state index in [1.54, 1.807) is 11.0 Å². The smallest absolute Gasteiger partial charge is 0.328 e. The van der Waals surface area contributed by atoms with Gasteiger partial charge in [-0.3, -0.25) is 4.79 Å². The Kier molecular flexibility index (Phi) is 6.46. The molecule has 0 unspecified atom stereocenters. The summed E-state index contributed by atoms with van der Waals surface area (Å²) in [5.41, 5.74) is 1.63. The molecule has 0 aliphatic carbocycles. The van der Waals surface area contributed by atoms with E-state index in [-0.39, 0.29) is 12.5 Å². The Bertz CT molecular complexity index is 533. The van der Waals surface area contributed by atoms with E-state index in [4.69, 9.17) is 9.84 Å². The minimum atomic E-state index is -1.03. The fourth-order valence-corrected chi connectivity index (χ4v) is 1.90. The molecule has 0 aliphatic heterocycles. The van der Waals surface area contributed by atoms with Crippen molar-refractivity contribution in [2.45, 2.75) is 20.8 Å². The van der Waals surface area contributed by atoms with Crippen LogP contribution in [-0.4, -0.2) is 41.6 Å². The van der Waals surface area contributed by atoms with Crippen molar-refractivity contribution in [3.63, 3.8) is 0 Å². The van der Waals surface area contributed by atoms with Crippen LogP contribution in [-0.2, 0) is 9.59 Å². The number of likely N-dealkylation sites (N-methyl/N-ethyl adjacent to an activating group) is 1. The second kappa shape index (κ2) is 8.09. The van der Waals surface area contributed by atoms with E-state index >= 15 is 0 Å². The van der Waals surface area contributed by atoms with Crippen LogP contribution in [0.1, 0.15) is 25.0 Å². The number of aliphatic carboxylic acids is 1. The quantitative estimate of drug-likeness (QED) is 0.783. The van der Waals surface area contributed by atoms with Crippen molar-refractivity contribution in [3.05, 3.63) is 35.4 Å². The SMILES string of the molecule is CCN(CC)C(=O)COc1ccc(C)cc1C=CC(=O)O. The van der Waals surface area contributed by atoms with Crippen molar-refractivity contribution in [2.75, 3.05) is 19.7 Å².